The maximum absolute atomic E-state index is 12.4. The van der Waals surface area contributed by atoms with Crippen molar-refractivity contribution in [3.63, 3.8) is 0 Å². The average Bonchev–Trinajstić information content (AvgIpc) is 3.02. The summed E-state index contributed by atoms with van der Waals surface area (Å²) >= 11 is 0. The van der Waals surface area contributed by atoms with E-state index in [1.54, 1.807) is 69.3 Å². The van der Waals surface area contributed by atoms with Crippen LogP contribution in [0.25, 0.3) is 0 Å². The predicted molar refractivity (Wildman–Crippen MR) is 129 cm³/mol. The molecule has 2 aromatic rings. The lowest BCUT2D eigenvalue weighted by atomic mass is 10.1. The molecular weight excluding hydrogens is 452 g/mol. The minimum Gasteiger partial charge on any atom is -0.444 e. The molecule has 1 aliphatic heterocycles. The molecule has 0 fully saturated rings. The molecule has 0 saturated heterocycles. The Balaban J connectivity index is 1.40. The van der Waals surface area contributed by atoms with Crippen LogP contribution < -0.4 is 16.0 Å². The van der Waals surface area contributed by atoms with Crippen molar-refractivity contribution in [2.75, 3.05) is 23.7 Å². The molecule has 35 heavy (non-hydrogen) atoms. The van der Waals surface area contributed by atoms with Crippen molar-refractivity contribution in [1.29, 1.82) is 0 Å². The number of hydrogen-bond acceptors (Lipinski definition) is 6. The van der Waals surface area contributed by atoms with E-state index in [0.29, 0.717) is 22.5 Å². The van der Waals surface area contributed by atoms with Crippen molar-refractivity contribution < 1.29 is 28.7 Å². The van der Waals surface area contributed by atoms with Gasteiger partial charge in [0.25, 0.3) is 11.8 Å². The monoisotopic (exact) mass is 480 g/mol. The molecule has 0 bridgehead atoms. The maximum Gasteiger partial charge on any atom is 0.407 e. The standard InChI is InChI=1S/C25H28N4O6/c1-25(2,3)35-24(34)26-14-12-20(30)27-16-8-10-17(11-9-16)28-21(31)13-15-29-22(32)18-6-4-5-7-19(18)23(29)33/h4-11H,12-15H2,1-3H3,(H,26,34)(H,27,30)(H,28,31). The van der Waals surface area contributed by atoms with Gasteiger partial charge in [0, 0.05) is 37.3 Å². The van der Waals surface area contributed by atoms with Gasteiger partial charge in [-0.05, 0) is 57.2 Å². The lowest BCUT2D eigenvalue weighted by molar-refractivity contribution is -0.117. The Morgan fingerprint density at radius 1 is 0.800 bits per heavy atom. The molecule has 0 atom stereocenters. The fourth-order valence-corrected chi connectivity index (χ4v) is 3.33. The molecule has 0 aromatic heterocycles. The third kappa shape index (κ3) is 7.13. The van der Waals surface area contributed by atoms with Gasteiger partial charge < -0.3 is 20.7 Å². The van der Waals surface area contributed by atoms with Crippen molar-refractivity contribution in [3.8, 4) is 0 Å². The summed E-state index contributed by atoms with van der Waals surface area (Å²) in [6.45, 7) is 5.35. The minimum atomic E-state index is -0.613. The number of anilines is 2. The number of hydrogen-bond donors (Lipinski definition) is 3. The van der Waals surface area contributed by atoms with Crippen molar-refractivity contribution in [2.45, 2.75) is 39.2 Å². The quantitative estimate of drug-likeness (QED) is 0.497. The number of ether oxygens (including phenoxy) is 1. The third-order valence-electron chi connectivity index (χ3n) is 4.91. The number of carbonyl (C=O) groups is 5. The summed E-state index contributed by atoms with van der Waals surface area (Å²) < 4.78 is 5.10. The Kier molecular flexibility index (Phi) is 7.85. The zero-order valence-corrected chi connectivity index (χ0v) is 19.8. The van der Waals surface area contributed by atoms with Gasteiger partial charge in [0.05, 0.1) is 11.1 Å². The molecule has 1 aliphatic rings. The fourth-order valence-electron chi connectivity index (χ4n) is 3.33. The van der Waals surface area contributed by atoms with Crippen LogP contribution in [0.1, 0.15) is 54.3 Å². The normalized spacial score (nSPS) is 12.7. The lowest BCUT2D eigenvalue weighted by Crippen LogP contribution is -2.34. The van der Waals surface area contributed by atoms with Gasteiger partial charge in [0.2, 0.25) is 11.8 Å². The molecule has 0 saturated carbocycles. The number of imide groups is 1. The third-order valence-corrected chi connectivity index (χ3v) is 4.91. The zero-order chi connectivity index (χ0) is 25.6. The highest BCUT2D eigenvalue weighted by Gasteiger charge is 2.34. The summed E-state index contributed by atoms with van der Waals surface area (Å²) in [6, 6.07) is 13.0. The Morgan fingerprint density at radius 2 is 1.29 bits per heavy atom. The lowest BCUT2D eigenvalue weighted by Gasteiger charge is -2.19. The molecule has 184 valence electrons. The molecule has 2 aromatic carbocycles. The molecule has 3 N–H and O–H groups in total. The first-order chi connectivity index (χ1) is 16.5. The fraction of sp³-hybridized carbons (Fsp3) is 0.320. The van der Waals surface area contributed by atoms with E-state index in [4.69, 9.17) is 4.74 Å². The summed E-state index contributed by atoms with van der Waals surface area (Å²) in [4.78, 5) is 61.8. The van der Waals surface area contributed by atoms with E-state index < -0.39 is 23.5 Å². The van der Waals surface area contributed by atoms with Gasteiger partial charge in [0.15, 0.2) is 0 Å². The molecule has 0 unspecified atom stereocenters. The maximum atomic E-state index is 12.4. The van der Waals surface area contributed by atoms with Crippen molar-refractivity contribution in [1.82, 2.24) is 10.2 Å². The van der Waals surface area contributed by atoms with Gasteiger partial charge in [0.1, 0.15) is 5.60 Å². The topological polar surface area (TPSA) is 134 Å². The summed E-state index contributed by atoms with van der Waals surface area (Å²) in [6.07, 6.45) is -0.571. The molecule has 0 radical (unpaired) electrons. The highest BCUT2D eigenvalue weighted by atomic mass is 16.6. The van der Waals surface area contributed by atoms with Crippen molar-refractivity contribution in [2.24, 2.45) is 0 Å². The first-order valence-corrected chi connectivity index (χ1v) is 11.2. The largest absolute Gasteiger partial charge is 0.444 e. The average molecular weight is 481 g/mol. The second-order valence-corrected chi connectivity index (χ2v) is 8.91. The molecule has 3 rings (SSSR count). The van der Waals surface area contributed by atoms with Crippen LogP contribution in [0.15, 0.2) is 48.5 Å². The minimum absolute atomic E-state index is 0.0242. The van der Waals surface area contributed by atoms with Gasteiger partial charge in [-0.2, -0.15) is 0 Å². The molecule has 1 heterocycles. The van der Waals surface area contributed by atoms with E-state index in [1.165, 1.54) is 0 Å². The van der Waals surface area contributed by atoms with Gasteiger partial charge in [-0.3, -0.25) is 24.1 Å². The summed E-state index contributed by atoms with van der Waals surface area (Å²) in [5, 5.41) is 7.91. The number of carbonyl (C=O) groups excluding carboxylic acids is 5. The van der Waals surface area contributed by atoms with E-state index in [-0.39, 0.29) is 37.7 Å². The van der Waals surface area contributed by atoms with Crippen LogP contribution in [0.4, 0.5) is 16.2 Å². The van der Waals surface area contributed by atoms with Crippen molar-refractivity contribution >= 4 is 41.1 Å². The SMILES string of the molecule is CC(C)(C)OC(=O)NCCC(=O)Nc1ccc(NC(=O)CCN2C(=O)c3ccccc3C2=O)cc1. The number of nitrogens with zero attached hydrogens (tertiary/aromatic N) is 1. The number of amides is 5. The first-order valence-electron chi connectivity index (χ1n) is 11.2. The second kappa shape index (κ2) is 10.8. The number of nitrogens with one attached hydrogen (secondary N) is 3. The highest BCUT2D eigenvalue weighted by molar-refractivity contribution is 6.21. The summed E-state index contributed by atoms with van der Waals surface area (Å²) in [5.41, 5.74) is 1.10. The summed E-state index contributed by atoms with van der Waals surface area (Å²) in [5.74, 6) is -1.45. The van der Waals surface area contributed by atoms with Crippen LogP contribution >= 0.6 is 0 Å². The zero-order valence-electron chi connectivity index (χ0n) is 19.8. The molecule has 5 amide bonds. The van der Waals surface area contributed by atoms with Gasteiger partial charge in [-0.15, -0.1) is 0 Å². The van der Waals surface area contributed by atoms with E-state index in [9.17, 15) is 24.0 Å². The number of rotatable bonds is 8. The van der Waals surface area contributed by atoms with E-state index in [0.717, 1.165) is 4.90 Å². The summed E-state index contributed by atoms with van der Waals surface area (Å²) in [7, 11) is 0. The Bertz CT molecular complexity index is 1100. The van der Waals surface area contributed by atoms with Crippen LogP contribution in [0.2, 0.25) is 0 Å². The molecule has 0 spiro atoms. The highest BCUT2D eigenvalue weighted by Crippen LogP contribution is 2.22. The van der Waals surface area contributed by atoms with Gasteiger partial charge in [-0.1, -0.05) is 12.1 Å². The number of alkyl carbamates (subject to hydrolysis) is 1. The number of fused-ring (bicyclic) bond motifs is 1. The molecule has 0 aliphatic carbocycles. The van der Waals surface area contributed by atoms with Crippen LogP contribution in [-0.4, -0.2) is 53.3 Å². The van der Waals surface area contributed by atoms with Crippen LogP contribution in [0.5, 0.6) is 0 Å². The Labute approximate surface area is 203 Å². The van der Waals surface area contributed by atoms with Crippen LogP contribution in [0.3, 0.4) is 0 Å². The van der Waals surface area contributed by atoms with E-state index in [1.807, 2.05) is 0 Å². The number of benzene rings is 2. The van der Waals surface area contributed by atoms with Crippen LogP contribution in [-0.2, 0) is 14.3 Å². The Morgan fingerprint density at radius 3 is 1.77 bits per heavy atom. The van der Waals surface area contributed by atoms with E-state index in [2.05, 4.69) is 16.0 Å². The predicted octanol–water partition coefficient (Wildman–Crippen LogP) is 3.16. The molecule has 10 heteroatoms. The first kappa shape index (κ1) is 25.4. The van der Waals surface area contributed by atoms with Crippen molar-refractivity contribution in [3.05, 3.63) is 59.7 Å². The van der Waals surface area contributed by atoms with Crippen LogP contribution in [0, 0.1) is 0 Å². The second-order valence-electron chi connectivity index (χ2n) is 8.91. The molecule has 10 nitrogen and oxygen atoms in total. The van der Waals surface area contributed by atoms with Gasteiger partial charge in [-0.25, -0.2) is 4.79 Å². The smallest absolute Gasteiger partial charge is 0.407 e. The Hall–Kier alpha value is -4.21. The van der Waals surface area contributed by atoms with E-state index >= 15 is 0 Å². The molecular formula is C25H28N4O6. The van der Waals surface area contributed by atoms with Gasteiger partial charge >= 0.3 is 6.09 Å².